The van der Waals surface area contributed by atoms with E-state index in [0.717, 1.165) is 48.3 Å². The molecule has 5 heteroatoms. The molecule has 3 nitrogen and oxygen atoms in total. The van der Waals surface area contributed by atoms with Crippen LogP contribution in [-0.4, -0.2) is 23.3 Å². The maximum atomic E-state index is 13.3. The Labute approximate surface area is 193 Å². The van der Waals surface area contributed by atoms with Crippen LogP contribution in [0, 0.1) is 24.7 Å². The normalized spacial score (nSPS) is 28.4. The van der Waals surface area contributed by atoms with E-state index in [1.165, 1.54) is 5.56 Å². The number of fused-ring (bicyclic) bond motifs is 1. The maximum Gasteiger partial charge on any atom is 0.232 e. The number of imide groups is 1. The molecule has 162 valence electrons. The first-order valence-corrected chi connectivity index (χ1v) is 12.1. The fraction of sp³-hybridized carbons (Fsp3) is 0.462. The highest BCUT2D eigenvalue weighted by Gasteiger charge is 2.52. The highest BCUT2D eigenvalue weighted by Crippen LogP contribution is 2.54. The van der Waals surface area contributed by atoms with E-state index in [2.05, 4.69) is 24.3 Å². The molecule has 0 N–H and O–H groups in total. The van der Waals surface area contributed by atoms with Gasteiger partial charge in [-0.25, -0.2) is 0 Å². The minimum atomic E-state index is -0.0924. The van der Waals surface area contributed by atoms with Gasteiger partial charge in [0.1, 0.15) is 0 Å². The summed E-state index contributed by atoms with van der Waals surface area (Å²) in [6, 6.07) is 14.3. The van der Waals surface area contributed by atoms with Crippen LogP contribution in [0.2, 0.25) is 10.0 Å². The highest BCUT2D eigenvalue weighted by atomic mass is 35.5. The van der Waals surface area contributed by atoms with Crippen molar-refractivity contribution in [3.8, 4) is 0 Å². The zero-order valence-corrected chi connectivity index (χ0v) is 19.2. The summed E-state index contributed by atoms with van der Waals surface area (Å²) in [5.41, 5.74) is 3.45. The van der Waals surface area contributed by atoms with Crippen LogP contribution in [0.4, 0.5) is 0 Å². The number of rotatable bonds is 3. The van der Waals surface area contributed by atoms with E-state index in [-0.39, 0.29) is 41.4 Å². The van der Waals surface area contributed by atoms with Crippen molar-refractivity contribution in [3.63, 3.8) is 0 Å². The molecule has 0 spiro atoms. The molecule has 2 aromatic rings. The fourth-order valence-corrected chi connectivity index (χ4v) is 6.37. The number of nitrogens with zero attached hydrogens (tertiary/aromatic N) is 1. The summed E-state index contributed by atoms with van der Waals surface area (Å²) < 4.78 is 0. The van der Waals surface area contributed by atoms with E-state index < -0.39 is 0 Å². The fourth-order valence-electron chi connectivity index (χ4n) is 5.87. The van der Waals surface area contributed by atoms with Gasteiger partial charge in [-0.05, 0) is 85.3 Å². The lowest BCUT2D eigenvalue weighted by molar-refractivity contribution is -0.147. The molecule has 2 aliphatic carbocycles. The first-order valence-electron chi connectivity index (χ1n) is 11.3. The van der Waals surface area contributed by atoms with Crippen molar-refractivity contribution in [1.82, 2.24) is 4.90 Å². The molecule has 3 fully saturated rings. The van der Waals surface area contributed by atoms with Gasteiger partial charge in [0, 0.05) is 28.4 Å². The van der Waals surface area contributed by atoms with Crippen molar-refractivity contribution in [2.75, 3.05) is 6.54 Å². The SMILES string of the molecule is Cc1ccc(C2CCC3C(=O)N(C(=O)C4CCC4)CC3C2c2ccc(Cl)cc2)c(Cl)c1. The minimum absolute atomic E-state index is 0.0364. The Bertz CT molecular complexity index is 1010. The molecule has 0 radical (unpaired) electrons. The van der Waals surface area contributed by atoms with Crippen LogP contribution in [-0.2, 0) is 9.59 Å². The minimum Gasteiger partial charge on any atom is -0.282 e. The average Bonchev–Trinajstić information content (AvgIpc) is 3.04. The molecule has 2 amide bonds. The van der Waals surface area contributed by atoms with Crippen molar-refractivity contribution in [2.24, 2.45) is 17.8 Å². The molecule has 2 saturated carbocycles. The van der Waals surface area contributed by atoms with Gasteiger partial charge in [-0.2, -0.15) is 0 Å². The first-order chi connectivity index (χ1) is 14.9. The van der Waals surface area contributed by atoms with Crippen molar-refractivity contribution < 1.29 is 9.59 Å². The molecular weight excluding hydrogens is 429 g/mol. The van der Waals surface area contributed by atoms with E-state index in [9.17, 15) is 9.59 Å². The van der Waals surface area contributed by atoms with Gasteiger partial charge < -0.3 is 0 Å². The topological polar surface area (TPSA) is 37.4 Å². The molecule has 5 rings (SSSR count). The van der Waals surface area contributed by atoms with Crippen LogP contribution >= 0.6 is 23.2 Å². The van der Waals surface area contributed by atoms with Gasteiger partial charge in [-0.1, -0.05) is 53.9 Å². The van der Waals surface area contributed by atoms with E-state index >= 15 is 0 Å². The Morgan fingerprint density at radius 3 is 2.32 bits per heavy atom. The largest absolute Gasteiger partial charge is 0.282 e. The third-order valence-electron chi connectivity index (χ3n) is 7.71. The molecule has 1 heterocycles. The monoisotopic (exact) mass is 455 g/mol. The summed E-state index contributed by atoms with van der Waals surface area (Å²) in [5, 5.41) is 1.49. The lowest BCUT2D eigenvalue weighted by Crippen LogP contribution is -2.40. The Morgan fingerprint density at radius 1 is 0.968 bits per heavy atom. The van der Waals surface area contributed by atoms with Gasteiger partial charge >= 0.3 is 0 Å². The molecule has 4 unspecified atom stereocenters. The smallest absolute Gasteiger partial charge is 0.232 e. The molecule has 1 saturated heterocycles. The van der Waals surface area contributed by atoms with E-state index in [1.54, 1.807) is 4.90 Å². The van der Waals surface area contributed by atoms with Gasteiger partial charge in [0.05, 0.1) is 0 Å². The van der Waals surface area contributed by atoms with Crippen molar-refractivity contribution in [1.29, 1.82) is 0 Å². The number of hydrogen-bond acceptors (Lipinski definition) is 2. The average molecular weight is 456 g/mol. The zero-order valence-electron chi connectivity index (χ0n) is 17.7. The third-order valence-corrected chi connectivity index (χ3v) is 8.29. The number of hydrogen-bond donors (Lipinski definition) is 0. The van der Waals surface area contributed by atoms with E-state index in [4.69, 9.17) is 23.2 Å². The predicted molar refractivity (Wildman–Crippen MR) is 123 cm³/mol. The Morgan fingerprint density at radius 2 is 1.68 bits per heavy atom. The maximum absolute atomic E-state index is 13.3. The summed E-state index contributed by atoms with van der Waals surface area (Å²) in [7, 11) is 0. The second kappa shape index (κ2) is 8.26. The second-order valence-corrected chi connectivity index (χ2v) is 10.3. The molecule has 0 aromatic heterocycles. The van der Waals surface area contributed by atoms with Gasteiger partial charge in [-0.15, -0.1) is 0 Å². The standard InChI is InChI=1S/C26H27Cl2NO2/c1-15-5-10-19(23(28)13-15)20-11-12-21-22(24(20)16-6-8-18(27)9-7-16)14-29(26(21)31)25(30)17-3-2-4-17/h5-10,13,17,20-22,24H,2-4,11-12,14H2,1H3. The van der Waals surface area contributed by atoms with Gasteiger partial charge in [0.2, 0.25) is 11.8 Å². The quantitative estimate of drug-likeness (QED) is 0.504. The number of halogens is 2. The van der Waals surface area contributed by atoms with Gasteiger partial charge in [-0.3, -0.25) is 14.5 Å². The van der Waals surface area contributed by atoms with E-state index in [0.29, 0.717) is 11.6 Å². The van der Waals surface area contributed by atoms with Gasteiger partial charge in [0.15, 0.2) is 0 Å². The number of aryl methyl sites for hydroxylation is 1. The molecule has 0 bridgehead atoms. The highest BCUT2D eigenvalue weighted by molar-refractivity contribution is 6.31. The van der Waals surface area contributed by atoms with Crippen LogP contribution in [0.5, 0.6) is 0 Å². The number of benzene rings is 2. The van der Waals surface area contributed by atoms with Crippen LogP contribution in [0.1, 0.15) is 60.6 Å². The Kier molecular flexibility index (Phi) is 5.60. The lowest BCUT2D eigenvalue weighted by Gasteiger charge is -2.40. The number of carbonyl (C=O) groups is 2. The van der Waals surface area contributed by atoms with Crippen LogP contribution in [0.25, 0.3) is 0 Å². The molecule has 2 aromatic carbocycles. The van der Waals surface area contributed by atoms with E-state index in [1.807, 2.05) is 25.1 Å². The third kappa shape index (κ3) is 3.70. The number of carbonyl (C=O) groups excluding carboxylic acids is 2. The lowest BCUT2D eigenvalue weighted by atomic mass is 9.63. The summed E-state index contributed by atoms with van der Waals surface area (Å²) in [6.07, 6.45) is 4.61. The Balaban J connectivity index is 1.53. The predicted octanol–water partition coefficient (Wildman–Crippen LogP) is 6.36. The zero-order chi connectivity index (χ0) is 21.7. The molecule has 3 aliphatic rings. The first kappa shape index (κ1) is 21.0. The molecule has 4 atom stereocenters. The van der Waals surface area contributed by atoms with Crippen molar-refractivity contribution in [2.45, 2.75) is 50.9 Å². The van der Waals surface area contributed by atoms with Crippen molar-refractivity contribution >= 4 is 35.0 Å². The molecule has 31 heavy (non-hydrogen) atoms. The second-order valence-electron chi connectivity index (χ2n) is 9.47. The summed E-state index contributed by atoms with van der Waals surface area (Å²) >= 11 is 12.9. The van der Waals surface area contributed by atoms with Crippen LogP contribution in [0.3, 0.4) is 0 Å². The summed E-state index contributed by atoms with van der Waals surface area (Å²) in [5.74, 6) is 0.473. The summed E-state index contributed by atoms with van der Waals surface area (Å²) in [6.45, 7) is 2.56. The summed E-state index contributed by atoms with van der Waals surface area (Å²) in [4.78, 5) is 27.8. The van der Waals surface area contributed by atoms with Crippen LogP contribution in [0.15, 0.2) is 42.5 Å². The van der Waals surface area contributed by atoms with Crippen LogP contribution < -0.4 is 0 Å². The Hall–Kier alpha value is -1.84. The molecule has 1 aliphatic heterocycles. The number of amides is 2. The van der Waals surface area contributed by atoms with Crippen molar-refractivity contribution in [3.05, 3.63) is 69.2 Å². The van der Waals surface area contributed by atoms with Gasteiger partial charge in [0.25, 0.3) is 0 Å². The number of likely N-dealkylation sites (tertiary alicyclic amines) is 1. The molecular formula is C26H27Cl2NO2.